The fraction of sp³-hybridized carbons (Fsp3) is 0.677. The lowest BCUT2D eigenvalue weighted by atomic mass is 9.84. The van der Waals surface area contributed by atoms with Crippen LogP contribution in [0, 0.1) is 55.3 Å². The van der Waals surface area contributed by atoms with Gasteiger partial charge in [0.1, 0.15) is 17.3 Å². The minimum absolute atomic E-state index is 0.0407. The molecular weight excluding hydrogens is 760 g/mol. The highest BCUT2D eigenvalue weighted by Gasteiger charge is 2.68. The molecule has 2 amide bonds. The molecule has 51 heavy (non-hydrogen) atoms. The molecule has 1 aromatic rings. The first-order chi connectivity index (χ1) is 23.4. The molecule has 6 aliphatic rings. The smallest absolute Gasteiger partial charge is 0.525 e. The number of carbonyl (C=O) groups excluding carboxylic acids is 2. The van der Waals surface area contributed by atoms with E-state index < -0.39 is 72.4 Å². The average molecular weight is 796 g/mol. The minimum Gasteiger partial charge on any atom is -0.743 e. The van der Waals surface area contributed by atoms with Crippen molar-refractivity contribution in [1.29, 1.82) is 0 Å². The lowest BCUT2D eigenvalue weighted by Crippen LogP contribution is -2.52. The molecule has 286 valence electrons. The molecule has 2 heterocycles. The number of nitrogens with zero attached hydrogens (tertiary/aromatic N) is 1. The highest BCUT2D eigenvalue weighted by Crippen LogP contribution is 2.58. The first kappa shape index (κ1) is 39.8. The molecule has 3 saturated carbocycles. The van der Waals surface area contributed by atoms with Gasteiger partial charge in [0, 0.05) is 16.8 Å². The van der Waals surface area contributed by atoms with Crippen LogP contribution in [0.3, 0.4) is 0 Å². The molecular formula is C31H36F7NO9S3. The van der Waals surface area contributed by atoms with E-state index in [-0.39, 0.29) is 29.2 Å². The van der Waals surface area contributed by atoms with Crippen LogP contribution in [-0.2, 0) is 45.0 Å². The molecule has 4 bridgehead atoms. The fourth-order valence-corrected chi connectivity index (χ4v) is 11.5. The molecule has 5 fully saturated rings. The molecule has 7 atom stereocenters. The number of amides is 2. The van der Waals surface area contributed by atoms with Crippen LogP contribution in [0.5, 0.6) is 5.75 Å². The summed E-state index contributed by atoms with van der Waals surface area (Å²) in [6.45, 7) is 3.98. The number of hydrogen-bond donors (Lipinski definition) is 1. The first-order valence-electron chi connectivity index (χ1n) is 16.1. The maximum Gasteiger partial charge on any atom is 0.525 e. The minimum atomic E-state index is -6.35. The van der Waals surface area contributed by atoms with Crippen molar-refractivity contribution in [2.45, 2.75) is 80.4 Å². The van der Waals surface area contributed by atoms with E-state index in [0.29, 0.717) is 42.3 Å². The maximum absolute atomic E-state index is 13.5. The highest BCUT2D eigenvalue weighted by atomic mass is 32.2. The Morgan fingerprint density at radius 2 is 1.35 bits per heavy atom. The molecule has 1 aromatic carbocycles. The van der Waals surface area contributed by atoms with Gasteiger partial charge < -0.3 is 9.66 Å². The summed E-state index contributed by atoms with van der Waals surface area (Å²) in [6, 6.07) is 4.33. The second-order valence-electron chi connectivity index (χ2n) is 13.8. The zero-order valence-corrected chi connectivity index (χ0v) is 29.7. The number of hydrogen-bond acceptors (Lipinski definition) is 9. The van der Waals surface area contributed by atoms with Crippen molar-refractivity contribution in [2.24, 2.45) is 41.4 Å². The van der Waals surface area contributed by atoms with Crippen molar-refractivity contribution < 1.29 is 71.1 Å². The Bertz CT molecular complexity index is 1740. The van der Waals surface area contributed by atoms with E-state index in [2.05, 4.69) is 16.4 Å². The van der Waals surface area contributed by atoms with E-state index >= 15 is 0 Å². The Labute approximate surface area is 292 Å². The molecule has 0 aromatic heterocycles. The van der Waals surface area contributed by atoms with Gasteiger partial charge in [-0.2, -0.15) is 39.2 Å². The number of phenolic OH excluding ortho intramolecular Hbond substituents is 1. The van der Waals surface area contributed by atoms with E-state index in [9.17, 15) is 66.8 Å². The predicted molar refractivity (Wildman–Crippen MR) is 166 cm³/mol. The Morgan fingerprint density at radius 3 is 1.76 bits per heavy atom. The summed E-state index contributed by atoms with van der Waals surface area (Å²) in [4.78, 5) is 25.3. The largest absolute Gasteiger partial charge is 0.743 e. The SMILES string of the molecule is Cc1cc([S+]2CCCC2)cc(C)c1O.O=C1C2C3C=CC(C3)C2C(=O)N1OS(=O)(=O)C(F)(F)F.O=S(=O)([O-])C(F)(F)C(F)(F)C1CC2CCC1C2. The van der Waals surface area contributed by atoms with Crippen molar-refractivity contribution in [3.63, 3.8) is 0 Å². The molecule has 20 heteroatoms. The quantitative estimate of drug-likeness (QED) is 0.0974. The number of imide groups is 1. The molecule has 4 aliphatic carbocycles. The lowest BCUT2D eigenvalue weighted by molar-refractivity contribution is -0.202. The van der Waals surface area contributed by atoms with E-state index in [1.165, 1.54) is 29.2 Å². The van der Waals surface area contributed by atoms with Crippen LogP contribution in [0.2, 0.25) is 0 Å². The number of fused-ring (bicyclic) bond motifs is 7. The molecule has 0 radical (unpaired) electrons. The van der Waals surface area contributed by atoms with Gasteiger partial charge in [-0.05, 0) is 99.3 Å². The van der Waals surface area contributed by atoms with Crippen molar-refractivity contribution in [2.75, 3.05) is 11.5 Å². The summed E-state index contributed by atoms with van der Waals surface area (Å²) >= 11 is 0. The van der Waals surface area contributed by atoms with Crippen molar-refractivity contribution in [3.8, 4) is 5.75 Å². The summed E-state index contributed by atoms with van der Waals surface area (Å²) in [5.74, 6) is -8.11. The van der Waals surface area contributed by atoms with Crippen molar-refractivity contribution in [3.05, 3.63) is 35.4 Å². The van der Waals surface area contributed by atoms with Gasteiger partial charge in [-0.3, -0.25) is 9.59 Å². The zero-order valence-electron chi connectivity index (χ0n) is 27.2. The molecule has 2 aliphatic heterocycles. The van der Waals surface area contributed by atoms with Gasteiger partial charge in [-0.1, -0.05) is 18.6 Å². The van der Waals surface area contributed by atoms with Crippen molar-refractivity contribution >= 4 is 42.9 Å². The standard InChI is InChI=1S/C12H16OS.C10H8F3NO5S.C9H12F4O3S/c1-9-7-11(8-10(2)12(9)13)14-5-3-4-6-14;11-10(12,13)20(17,18)19-14-8(15)6-4-1-2-5(3-4)7(6)9(14)16;10-8(11,9(12,13)17(14,15)16)7-4-5-1-2-6(7)3-5/h7-8H,3-6H2,1-2H3;1-2,4-7H,3H2;5-7H,1-4H2,(H,14,15,16). The molecule has 2 saturated heterocycles. The number of aromatic hydroxyl groups is 1. The monoisotopic (exact) mass is 795 g/mol. The Hall–Kier alpha value is -2.42. The number of hydroxylamine groups is 2. The summed E-state index contributed by atoms with van der Waals surface area (Å²) in [7, 11) is -11.9. The predicted octanol–water partition coefficient (Wildman–Crippen LogP) is 5.55. The number of phenols is 1. The number of aryl methyl sites for hydroxylation is 2. The lowest BCUT2D eigenvalue weighted by Gasteiger charge is -2.36. The summed E-state index contributed by atoms with van der Waals surface area (Å²) in [5.41, 5.74) is -3.64. The van der Waals surface area contributed by atoms with Gasteiger partial charge >= 0.3 is 26.8 Å². The van der Waals surface area contributed by atoms with Gasteiger partial charge in [0.2, 0.25) is 0 Å². The third kappa shape index (κ3) is 7.27. The van der Waals surface area contributed by atoms with E-state index in [1.807, 2.05) is 13.8 Å². The highest BCUT2D eigenvalue weighted by molar-refractivity contribution is 7.97. The molecule has 10 nitrogen and oxygen atoms in total. The van der Waals surface area contributed by atoms with Crippen LogP contribution in [-0.4, -0.2) is 71.6 Å². The number of halogens is 7. The van der Waals surface area contributed by atoms with Gasteiger partial charge in [0.15, 0.2) is 15.0 Å². The number of carbonyl (C=O) groups is 2. The normalized spacial score (nSPS) is 30.4. The van der Waals surface area contributed by atoms with Crippen LogP contribution < -0.4 is 0 Å². The third-order valence-corrected chi connectivity index (χ3v) is 14.9. The fourth-order valence-electron chi connectivity index (χ4n) is 8.13. The van der Waals surface area contributed by atoms with E-state index in [0.717, 1.165) is 11.1 Å². The first-order valence-corrected chi connectivity index (χ1v) is 20.5. The molecule has 0 spiro atoms. The van der Waals surface area contributed by atoms with Gasteiger partial charge in [0.05, 0.1) is 11.8 Å². The second kappa shape index (κ2) is 13.8. The van der Waals surface area contributed by atoms with Crippen LogP contribution in [0.25, 0.3) is 0 Å². The summed E-state index contributed by atoms with van der Waals surface area (Å²) in [6.07, 6.45) is 8.19. The van der Waals surface area contributed by atoms with E-state index in [1.54, 1.807) is 12.2 Å². The number of allylic oxidation sites excluding steroid dienone is 2. The second-order valence-corrected chi connectivity index (χ2v) is 19.0. The summed E-state index contributed by atoms with van der Waals surface area (Å²) < 4.78 is 146. The number of rotatable bonds is 6. The number of alkyl halides is 7. The topological polar surface area (TPSA) is 158 Å². The van der Waals surface area contributed by atoms with Gasteiger partial charge in [-0.25, -0.2) is 8.42 Å². The maximum atomic E-state index is 13.5. The molecule has 7 rings (SSSR count). The van der Waals surface area contributed by atoms with Crippen LogP contribution >= 0.6 is 0 Å². The average Bonchev–Trinajstić information content (AvgIpc) is 3.88. The Kier molecular flexibility index (Phi) is 10.7. The molecule has 1 N–H and O–H groups in total. The van der Waals surface area contributed by atoms with Gasteiger partial charge in [0.25, 0.3) is 11.8 Å². The van der Waals surface area contributed by atoms with Crippen LogP contribution in [0.15, 0.2) is 29.2 Å². The van der Waals surface area contributed by atoms with Crippen LogP contribution in [0.4, 0.5) is 30.7 Å². The van der Waals surface area contributed by atoms with Gasteiger partial charge in [-0.15, -0.1) is 9.35 Å². The Morgan fingerprint density at radius 1 is 0.843 bits per heavy atom. The zero-order chi connectivity index (χ0) is 38.1. The molecule has 7 unspecified atom stereocenters. The Balaban J connectivity index is 0.000000151. The number of benzene rings is 1. The summed E-state index contributed by atoms with van der Waals surface area (Å²) in [5, 5.41) is 3.91. The van der Waals surface area contributed by atoms with E-state index in [4.69, 9.17) is 0 Å². The van der Waals surface area contributed by atoms with Crippen molar-refractivity contribution in [1.82, 2.24) is 5.06 Å². The van der Waals surface area contributed by atoms with Crippen LogP contribution in [0.1, 0.15) is 56.1 Å². The third-order valence-electron chi connectivity index (χ3n) is 10.6.